The van der Waals surface area contributed by atoms with E-state index in [9.17, 15) is 0 Å². The zero-order valence-electron chi connectivity index (χ0n) is 22.5. The third-order valence-electron chi connectivity index (χ3n) is 8.14. The Kier molecular flexibility index (Phi) is 19.7. The summed E-state index contributed by atoms with van der Waals surface area (Å²) >= 11 is 0. The highest BCUT2D eigenvalue weighted by Gasteiger charge is 2.10. The highest BCUT2D eigenvalue weighted by Crippen LogP contribution is 2.18. The summed E-state index contributed by atoms with van der Waals surface area (Å²) in [6, 6.07) is 1.55. The van der Waals surface area contributed by atoms with Crippen molar-refractivity contribution in [2.45, 2.75) is 166 Å². The Balaban J connectivity index is 1.44. The van der Waals surface area contributed by atoms with Crippen molar-refractivity contribution >= 4 is 0 Å². The van der Waals surface area contributed by atoms with E-state index in [2.05, 4.69) is 16.0 Å². The number of hydrogen-bond donors (Lipinski definition) is 3. The van der Waals surface area contributed by atoms with E-state index < -0.39 is 0 Å². The van der Waals surface area contributed by atoms with E-state index >= 15 is 0 Å². The molecule has 2 aliphatic rings. The van der Waals surface area contributed by atoms with Crippen LogP contribution in [0.25, 0.3) is 0 Å². The standard InChI is InChI=1S/C30H61N3/c1-3-7-11-15-21-29(22-16-12-8-4-1)32-27-19-25-31-26-20-28-33-30-23-17-13-9-5-2-6-10-14-18-24-30/h29-33H,1-28H2. The van der Waals surface area contributed by atoms with Crippen LogP contribution in [0.15, 0.2) is 0 Å². The molecule has 3 nitrogen and oxygen atoms in total. The number of nitrogens with one attached hydrogen (secondary N) is 3. The molecule has 2 aliphatic carbocycles. The largest absolute Gasteiger partial charge is 0.317 e. The summed E-state index contributed by atoms with van der Waals surface area (Å²) in [5, 5.41) is 11.5. The molecule has 3 heteroatoms. The van der Waals surface area contributed by atoms with Crippen molar-refractivity contribution in [3.05, 3.63) is 0 Å². The van der Waals surface area contributed by atoms with Crippen molar-refractivity contribution in [1.29, 1.82) is 0 Å². The van der Waals surface area contributed by atoms with Crippen LogP contribution in [0.4, 0.5) is 0 Å². The molecule has 0 amide bonds. The summed E-state index contributed by atoms with van der Waals surface area (Å²) in [6.07, 6.45) is 34.4. The predicted octanol–water partition coefficient (Wildman–Crippen LogP) is 7.88. The molecular formula is C30H61N3. The van der Waals surface area contributed by atoms with E-state index in [0.717, 1.165) is 12.1 Å². The Bertz CT molecular complexity index is 340. The average molecular weight is 464 g/mol. The van der Waals surface area contributed by atoms with Crippen LogP contribution in [-0.4, -0.2) is 38.3 Å². The van der Waals surface area contributed by atoms with Crippen molar-refractivity contribution < 1.29 is 0 Å². The van der Waals surface area contributed by atoms with Gasteiger partial charge in [-0.05, 0) is 64.7 Å². The van der Waals surface area contributed by atoms with Gasteiger partial charge in [0.05, 0.1) is 0 Å². The van der Waals surface area contributed by atoms with Gasteiger partial charge in [0.15, 0.2) is 0 Å². The van der Waals surface area contributed by atoms with E-state index in [1.807, 2.05) is 0 Å². The maximum Gasteiger partial charge on any atom is 0.00670 e. The van der Waals surface area contributed by atoms with Crippen LogP contribution in [0.1, 0.15) is 154 Å². The second-order valence-electron chi connectivity index (χ2n) is 11.3. The van der Waals surface area contributed by atoms with Gasteiger partial charge in [-0.1, -0.05) is 116 Å². The predicted molar refractivity (Wildman–Crippen MR) is 147 cm³/mol. The molecule has 0 aromatic heterocycles. The van der Waals surface area contributed by atoms with E-state index in [4.69, 9.17) is 0 Å². The van der Waals surface area contributed by atoms with Gasteiger partial charge in [-0.2, -0.15) is 0 Å². The van der Waals surface area contributed by atoms with Gasteiger partial charge in [-0.3, -0.25) is 0 Å². The van der Waals surface area contributed by atoms with Crippen LogP contribution in [0.2, 0.25) is 0 Å². The summed E-state index contributed by atoms with van der Waals surface area (Å²) in [6.45, 7) is 4.72. The minimum Gasteiger partial charge on any atom is -0.317 e. The molecule has 0 spiro atoms. The molecule has 0 atom stereocenters. The molecule has 2 fully saturated rings. The molecule has 2 rings (SSSR count). The van der Waals surface area contributed by atoms with Gasteiger partial charge in [0.2, 0.25) is 0 Å². The molecule has 0 saturated heterocycles. The zero-order chi connectivity index (χ0) is 23.1. The van der Waals surface area contributed by atoms with E-state index in [1.54, 1.807) is 0 Å². The minimum atomic E-state index is 0.777. The molecule has 0 aromatic rings. The highest BCUT2D eigenvalue weighted by atomic mass is 14.9. The van der Waals surface area contributed by atoms with Crippen LogP contribution in [0, 0.1) is 0 Å². The van der Waals surface area contributed by atoms with Crippen molar-refractivity contribution in [3.8, 4) is 0 Å². The third-order valence-corrected chi connectivity index (χ3v) is 8.14. The van der Waals surface area contributed by atoms with Gasteiger partial charge in [0.25, 0.3) is 0 Å². The van der Waals surface area contributed by atoms with Crippen molar-refractivity contribution in [1.82, 2.24) is 16.0 Å². The molecule has 2 saturated carbocycles. The van der Waals surface area contributed by atoms with Crippen LogP contribution in [-0.2, 0) is 0 Å². The van der Waals surface area contributed by atoms with Crippen molar-refractivity contribution in [3.63, 3.8) is 0 Å². The lowest BCUT2D eigenvalue weighted by molar-refractivity contribution is 0.396. The van der Waals surface area contributed by atoms with Gasteiger partial charge in [0.1, 0.15) is 0 Å². The van der Waals surface area contributed by atoms with Crippen LogP contribution in [0.5, 0.6) is 0 Å². The maximum atomic E-state index is 3.90. The summed E-state index contributed by atoms with van der Waals surface area (Å²) in [7, 11) is 0. The highest BCUT2D eigenvalue weighted by molar-refractivity contribution is 4.70. The Morgan fingerprint density at radius 3 is 0.909 bits per heavy atom. The molecule has 0 unspecified atom stereocenters. The first-order chi connectivity index (χ1) is 16.4. The van der Waals surface area contributed by atoms with Crippen molar-refractivity contribution in [2.75, 3.05) is 26.2 Å². The lowest BCUT2D eigenvalue weighted by Gasteiger charge is -2.20. The fourth-order valence-corrected chi connectivity index (χ4v) is 5.90. The lowest BCUT2D eigenvalue weighted by atomic mass is 9.98. The smallest absolute Gasteiger partial charge is 0.00670 e. The molecule has 0 bridgehead atoms. The maximum absolute atomic E-state index is 3.90. The molecule has 33 heavy (non-hydrogen) atoms. The normalized spacial score (nSPS) is 22.5. The van der Waals surface area contributed by atoms with Crippen molar-refractivity contribution in [2.24, 2.45) is 0 Å². The quantitative estimate of drug-likeness (QED) is 0.288. The summed E-state index contributed by atoms with van der Waals surface area (Å²) < 4.78 is 0. The fourth-order valence-electron chi connectivity index (χ4n) is 5.90. The monoisotopic (exact) mass is 463 g/mol. The molecule has 0 heterocycles. The van der Waals surface area contributed by atoms with Gasteiger partial charge in [-0.15, -0.1) is 0 Å². The first kappa shape index (κ1) is 29.1. The minimum absolute atomic E-state index is 0.777. The molecular weight excluding hydrogens is 402 g/mol. The van der Waals surface area contributed by atoms with Crippen LogP contribution < -0.4 is 16.0 Å². The topological polar surface area (TPSA) is 36.1 Å². The van der Waals surface area contributed by atoms with Crippen LogP contribution in [0.3, 0.4) is 0 Å². The fraction of sp³-hybridized carbons (Fsp3) is 1.00. The van der Waals surface area contributed by atoms with Gasteiger partial charge >= 0.3 is 0 Å². The average Bonchev–Trinajstić information content (AvgIpc) is 2.80. The number of hydrogen-bond acceptors (Lipinski definition) is 3. The molecule has 0 radical (unpaired) electrons. The Labute approximate surface area is 208 Å². The molecule has 3 N–H and O–H groups in total. The Hall–Kier alpha value is -0.120. The molecule has 196 valence electrons. The molecule has 0 aliphatic heterocycles. The summed E-state index contributed by atoms with van der Waals surface area (Å²) in [5.74, 6) is 0. The van der Waals surface area contributed by atoms with Gasteiger partial charge in [0, 0.05) is 12.1 Å². The zero-order valence-corrected chi connectivity index (χ0v) is 22.5. The first-order valence-corrected chi connectivity index (χ1v) is 15.6. The SMILES string of the molecule is C1CCCCCC(NCCCNCCCNC2CCCCCCCCCCC2)CCCCC1. The second-order valence-corrected chi connectivity index (χ2v) is 11.3. The van der Waals surface area contributed by atoms with Crippen LogP contribution >= 0.6 is 0 Å². The number of rotatable bonds is 10. The summed E-state index contributed by atoms with van der Waals surface area (Å²) in [5.41, 5.74) is 0. The first-order valence-electron chi connectivity index (χ1n) is 15.6. The summed E-state index contributed by atoms with van der Waals surface area (Å²) in [4.78, 5) is 0. The Morgan fingerprint density at radius 2 is 0.606 bits per heavy atom. The van der Waals surface area contributed by atoms with E-state index in [0.29, 0.717) is 0 Å². The Morgan fingerprint density at radius 1 is 0.333 bits per heavy atom. The second kappa shape index (κ2) is 22.4. The van der Waals surface area contributed by atoms with E-state index in [1.165, 1.54) is 180 Å². The lowest BCUT2D eigenvalue weighted by Crippen LogP contribution is -2.33. The van der Waals surface area contributed by atoms with E-state index in [-0.39, 0.29) is 0 Å². The molecule has 0 aromatic carbocycles. The third kappa shape index (κ3) is 17.9. The van der Waals surface area contributed by atoms with Gasteiger partial charge in [-0.25, -0.2) is 0 Å². The van der Waals surface area contributed by atoms with Gasteiger partial charge < -0.3 is 16.0 Å².